The molecule has 0 saturated carbocycles. The number of urea groups is 1. The van der Waals surface area contributed by atoms with E-state index in [1.807, 2.05) is 11.0 Å². The number of fused-ring (bicyclic) bond motifs is 1. The highest BCUT2D eigenvalue weighted by molar-refractivity contribution is 5.80. The Morgan fingerprint density at radius 1 is 1.16 bits per heavy atom. The summed E-state index contributed by atoms with van der Waals surface area (Å²) in [7, 11) is 0. The number of nitrogens with zero attached hydrogens (tertiary/aromatic N) is 4. The van der Waals surface area contributed by atoms with Crippen LogP contribution in [0.4, 0.5) is 9.59 Å². The maximum Gasteiger partial charge on any atom is 0.410 e. The van der Waals surface area contributed by atoms with E-state index in [4.69, 9.17) is 9.26 Å². The molecule has 1 aromatic carbocycles. The van der Waals surface area contributed by atoms with Gasteiger partial charge in [-0.25, -0.2) is 9.59 Å². The predicted molar refractivity (Wildman–Crippen MR) is 113 cm³/mol. The Bertz CT molecular complexity index is 1130. The Labute approximate surface area is 180 Å². The van der Waals surface area contributed by atoms with Crippen LogP contribution in [0.1, 0.15) is 29.5 Å². The van der Waals surface area contributed by atoms with Crippen molar-refractivity contribution < 1.29 is 18.8 Å². The Morgan fingerprint density at radius 3 is 2.65 bits per heavy atom. The third kappa shape index (κ3) is 3.78. The molecule has 2 aromatic rings. The fraction of sp³-hybridized carbons (Fsp3) is 0.435. The van der Waals surface area contributed by atoms with Crippen LogP contribution in [-0.4, -0.2) is 63.8 Å². The van der Waals surface area contributed by atoms with Gasteiger partial charge in [0.05, 0.1) is 18.0 Å². The number of amides is 3. The average Bonchev–Trinajstić information content (AvgIpc) is 3.31. The van der Waals surface area contributed by atoms with Crippen molar-refractivity contribution in [2.45, 2.75) is 38.8 Å². The van der Waals surface area contributed by atoms with Gasteiger partial charge in [-0.3, -0.25) is 9.80 Å². The summed E-state index contributed by atoms with van der Waals surface area (Å²) in [5.41, 5.74) is 3.68. The van der Waals surface area contributed by atoms with Crippen LogP contribution in [0.3, 0.4) is 0 Å². The summed E-state index contributed by atoms with van der Waals surface area (Å²) in [6.45, 7) is 6.82. The standard InChI is InChI=1S/C23H26N4O4/c1-16-9-17(2)11-18(10-16)13-27-15-23(30-22(27)29)4-7-25(8-5-23)21(28)26-6-3-20-19(14-26)12-24-31-20/h3,9-12,14H,4-8,13,15H2,1-2H3. The first-order valence-electron chi connectivity index (χ1n) is 10.6. The molecule has 4 heterocycles. The number of hydrogen-bond acceptors (Lipinski definition) is 5. The van der Waals surface area contributed by atoms with Crippen LogP contribution in [0, 0.1) is 13.8 Å². The lowest BCUT2D eigenvalue weighted by molar-refractivity contribution is 0.00779. The summed E-state index contributed by atoms with van der Waals surface area (Å²) >= 11 is 0. The maximum absolute atomic E-state index is 13.0. The molecule has 2 fully saturated rings. The number of rotatable bonds is 2. The van der Waals surface area contributed by atoms with Crippen molar-refractivity contribution in [3.63, 3.8) is 0 Å². The highest BCUT2D eigenvalue weighted by Gasteiger charge is 2.47. The number of carbonyl (C=O) groups is 2. The van der Waals surface area contributed by atoms with Crippen molar-refractivity contribution in [3.05, 3.63) is 51.7 Å². The van der Waals surface area contributed by atoms with Crippen LogP contribution in [0.25, 0.3) is 12.3 Å². The van der Waals surface area contributed by atoms with E-state index < -0.39 is 5.60 Å². The Morgan fingerprint density at radius 2 is 1.90 bits per heavy atom. The summed E-state index contributed by atoms with van der Waals surface area (Å²) in [5, 5.41) is 4.58. The van der Waals surface area contributed by atoms with E-state index in [1.54, 1.807) is 22.2 Å². The number of piperidine rings is 1. The van der Waals surface area contributed by atoms with Gasteiger partial charge in [0.1, 0.15) is 5.60 Å². The van der Waals surface area contributed by atoms with Crippen molar-refractivity contribution in [1.29, 1.82) is 0 Å². The quantitative estimate of drug-likeness (QED) is 0.737. The Kier molecular flexibility index (Phi) is 4.72. The second-order valence-corrected chi connectivity index (χ2v) is 8.80. The molecule has 0 N–H and O–H groups in total. The molecule has 3 aliphatic rings. The summed E-state index contributed by atoms with van der Waals surface area (Å²) < 4.78 is 11.0. The van der Waals surface area contributed by atoms with Crippen LogP contribution in [0.15, 0.2) is 28.9 Å². The number of aromatic nitrogens is 1. The zero-order chi connectivity index (χ0) is 21.6. The lowest BCUT2D eigenvalue weighted by Gasteiger charge is -2.38. The topological polar surface area (TPSA) is 79.1 Å². The lowest BCUT2D eigenvalue weighted by atomic mass is 9.91. The van der Waals surface area contributed by atoms with E-state index in [0.717, 1.165) is 10.8 Å². The monoisotopic (exact) mass is 422 g/mol. The molecule has 0 bridgehead atoms. The molecule has 31 heavy (non-hydrogen) atoms. The number of aryl methyl sites for hydroxylation is 2. The zero-order valence-corrected chi connectivity index (χ0v) is 17.8. The molecule has 8 nitrogen and oxygen atoms in total. The average molecular weight is 422 g/mol. The fourth-order valence-corrected chi connectivity index (χ4v) is 4.79. The molecule has 3 amide bonds. The second-order valence-electron chi connectivity index (χ2n) is 8.80. The van der Waals surface area contributed by atoms with Gasteiger partial charge in [0.15, 0.2) is 5.42 Å². The van der Waals surface area contributed by atoms with Gasteiger partial charge in [0.25, 0.3) is 0 Å². The van der Waals surface area contributed by atoms with E-state index in [2.05, 4.69) is 37.2 Å². The molecule has 0 atom stereocenters. The van der Waals surface area contributed by atoms with E-state index >= 15 is 0 Å². The molecular weight excluding hydrogens is 396 g/mol. The highest BCUT2D eigenvalue weighted by atomic mass is 16.6. The van der Waals surface area contributed by atoms with Crippen molar-refractivity contribution in [3.8, 4) is 0 Å². The van der Waals surface area contributed by atoms with Crippen LogP contribution in [0.5, 0.6) is 0 Å². The number of likely N-dealkylation sites (tertiary alicyclic amines) is 1. The maximum atomic E-state index is 13.0. The van der Waals surface area contributed by atoms with E-state index in [9.17, 15) is 9.59 Å². The van der Waals surface area contributed by atoms with Gasteiger partial charge in [-0.05, 0) is 25.5 Å². The largest absolute Gasteiger partial charge is 0.441 e. The predicted octanol–water partition coefficient (Wildman–Crippen LogP) is 1.73. The summed E-state index contributed by atoms with van der Waals surface area (Å²) in [5.74, 6) is 0. The zero-order valence-electron chi connectivity index (χ0n) is 17.8. The SMILES string of the molecule is Cc1cc(C)cc(CN2CC3(CCN(C(=O)N4C=c5cnoc5=CC4)CC3)OC2=O)c1. The van der Waals surface area contributed by atoms with E-state index in [1.165, 1.54) is 11.1 Å². The van der Waals surface area contributed by atoms with Gasteiger partial charge in [-0.1, -0.05) is 34.5 Å². The molecule has 162 valence electrons. The lowest BCUT2D eigenvalue weighted by Crippen LogP contribution is -2.52. The smallest absolute Gasteiger partial charge is 0.410 e. The van der Waals surface area contributed by atoms with E-state index in [-0.39, 0.29) is 12.1 Å². The van der Waals surface area contributed by atoms with E-state index in [0.29, 0.717) is 51.0 Å². The number of benzene rings is 1. The molecule has 1 aromatic heterocycles. The molecule has 0 radical (unpaired) electrons. The van der Waals surface area contributed by atoms with Gasteiger partial charge in [-0.2, -0.15) is 0 Å². The summed E-state index contributed by atoms with van der Waals surface area (Å²) in [4.78, 5) is 30.8. The van der Waals surface area contributed by atoms with Crippen molar-refractivity contribution in [2.24, 2.45) is 0 Å². The highest BCUT2D eigenvalue weighted by Crippen LogP contribution is 2.34. The minimum atomic E-state index is -0.508. The molecule has 1 spiro atoms. The number of hydrogen-bond donors (Lipinski definition) is 0. The van der Waals surface area contributed by atoms with Crippen molar-refractivity contribution in [2.75, 3.05) is 26.2 Å². The van der Waals surface area contributed by atoms with Crippen LogP contribution >= 0.6 is 0 Å². The minimum absolute atomic E-state index is 0.0469. The molecule has 2 saturated heterocycles. The molecular formula is C23H26N4O4. The Balaban J connectivity index is 1.22. The fourth-order valence-electron chi connectivity index (χ4n) is 4.79. The second kappa shape index (κ2) is 7.44. The molecule has 3 aliphatic heterocycles. The van der Waals surface area contributed by atoms with Crippen molar-refractivity contribution >= 4 is 24.4 Å². The summed E-state index contributed by atoms with van der Waals surface area (Å²) in [6, 6.07) is 6.30. The molecule has 5 rings (SSSR count). The third-order valence-corrected chi connectivity index (χ3v) is 6.28. The summed E-state index contributed by atoms with van der Waals surface area (Å²) in [6.07, 6.45) is 6.26. The Hall–Kier alpha value is -3.29. The van der Waals surface area contributed by atoms with Crippen LogP contribution < -0.4 is 10.6 Å². The first kappa shape index (κ1) is 19.7. The van der Waals surface area contributed by atoms with Gasteiger partial charge in [-0.15, -0.1) is 0 Å². The van der Waals surface area contributed by atoms with Gasteiger partial charge < -0.3 is 14.2 Å². The van der Waals surface area contributed by atoms with Crippen LogP contribution in [-0.2, 0) is 11.3 Å². The number of carbonyl (C=O) groups excluding carboxylic acids is 2. The molecule has 8 heteroatoms. The van der Waals surface area contributed by atoms with Gasteiger partial charge in [0.2, 0.25) is 0 Å². The van der Waals surface area contributed by atoms with Gasteiger partial charge in [0, 0.05) is 45.2 Å². The number of ether oxygens (including phenoxy) is 1. The minimum Gasteiger partial charge on any atom is -0.441 e. The van der Waals surface area contributed by atoms with Crippen molar-refractivity contribution in [1.82, 2.24) is 19.9 Å². The molecule has 0 unspecified atom stereocenters. The first-order valence-corrected chi connectivity index (χ1v) is 10.6. The first-order chi connectivity index (χ1) is 14.9. The van der Waals surface area contributed by atoms with Crippen LogP contribution in [0.2, 0.25) is 0 Å². The third-order valence-electron chi connectivity index (χ3n) is 6.28. The molecule has 0 aliphatic carbocycles. The normalized spacial score (nSPS) is 19.7. The van der Waals surface area contributed by atoms with Gasteiger partial charge >= 0.3 is 12.1 Å².